The van der Waals surface area contributed by atoms with Gasteiger partial charge in [0.1, 0.15) is 41.6 Å². The first-order valence-corrected chi connectivity index (χ1v) is 16.9. The van der Waals surface area contributed by atoms with Crippen molar-refractivity contribution in [1.29, 1.82) is 0 Å². The number of aromatic nitrogens is 2. The van der Waals surface area contributed by atoms with Crippen molar-refractivity contribution in [3.05, 3.63) is 90.1 Å². The highest BCUT2D eigenvalue weighted by Gasteiger charge is 2.39. The molecule has 1 unspecified atom stereocenters. The monoisotopic (exact) mass is 677 g/mol. The summed E-state index contributed by atoms with van der Waals surface area (Å²) in [5, 5.41) is 3.27. The second-order valence-corrected chi connectivity index (χ2v) is 13.1. The molecule has 49 heavy (non-hydrogen) atoms. The zero-order chi connectivity index (χ0) is 33.9. The summed E-state index contributed by atoms with van der Waals surface area (Å²) in [6, 6.07) is 23.0. The van der Waals surface area contributed by atoms with Gasteiger partial charge in [0.05, 0.1) is 23.4 Å². The fraction of sp³-hybridized carbons (Fsp3) is 0.270. The Balaban J connectivity index is 0.852. The summed E-state index contributed by atoms with van der Waals surface area (Å²) in [7, 11) is 3.95. The number of hydrogen-bond donors (Lipinski definition) is 1. The Morgan fingerprint density at radius 2 is 1.57 bits per heavy atom. The zero-order valence-electron chi connectivity index (χ0n) is 27.2. The van der Waals surface area contributed by atoms with Gasteiger partial charge in [-0.25, -0.2) is 9.97 Å². The Morgan fingerprint density at radius 3 is 2.29 bits per heavy atom. The second kappa shape index (κ2) is 14.0. The molecule has 2 aromatic heterocycles. The van der Waals surface area contributed by atoms with Gasteiger partial charge in [0, 0.05) is 49.9 Å². The third kappa shape index (κ3) is 7.10. The van der Waals surface area contributed by atoms with Crippen LogP contribution in [0.15, 0.2) is 79.0 Å². The predicted octanol–water partition coefficient (Wildman–Crippen LogP) is 5.33. The highest BCUT2D eigenvalue weighted by atomic mass is 32.1. The number of pyridine rings is 1. The van der Waals surface area contributed by atoms with Gasteiger partial charge in [0.25, 0.3) is 5.91 Å². The maximum absolute atomic E-state index is 12.9. The number of nitrogens with one attached hydrogen (secondary N) is 1. The Kier molecular flexibility index (Phi) is 9.23. The molecule has 1 atom stereocenters. The third-order valence-electron chi connectivity index (χ3n) is 8.52. The number of amides is 3. The summed E-state index contributed by atoms with van der Waals surface area (Å²) in [4.78, 5) is 49.5. The van der Waals surface area contributed by atoms with Gasteiger partial charge >= 0.3 is 0 Å². The molecule has 5 aromatic rings. The minimum atomic E-state index is -0.640. The number of carbonyl (C=O) groups is 3. The fourth-order valence-corrected chi connectivity index (χ4v) is 6.92. The average molecular weight is 678 g/mol. The topological polar surface area (TPSA) is 123 Å². The van der Waals surface area contributed by atoms with Crippen molar-refractivity contribution in [1.82, 2.24) is 20.2 Å². The summed E-state index contributed by atoms with van der Waals surface area (Å²) < 4.78 is 18.5. The molecule has 12 heteroatoms. The summed E-state index contributed by atoms with van der Waals surface area (Å²) >= 11 is 1.63. The molecule has 0 spiro atoms. The lowest BCUT2D eigenvalue weighted by molar-refractivity contribution is -0.136. The molecule has 2 aliphatic rings. The molecular formula is C37H35N5O6S. The van der Waals surface area contributed by atoms with Gasteiger partial charge in [0.15, 0.2) is 0 Å². The molecule has 7 rings (SSSR count). The molecule has 3 amide bonds. The van der Waals surface area contributed by atoms with Crippen molar-refractivity contribution in [3.63, 3.8) is 0 Å². The molecule has 250 valence electrons. The number of benzene rings is 3. The largest absolute Gasteiger partial charge is 0.491 e. The lowest BCUT2D eigenvalue weighted by atomic mass is 10.0. The van der Waals surface area contributed by atoms with Crippen LogP contribution in [0.3, 0.4) is 0 Å². The smallest absolute Gasteiger partial charge is 0.255 e. The van der Waals surface area contributed by atoms with Crippen LogP contribution in [0, 0.1) is 0 Å². The first-order valence-electron chi connectivity index (χ1n) is 16.1. The molecule has 0 aliphatic carbocycles. The van der Waals surface area contributed by atoms with Gasteiger partial charge in [-0.05, 0) is 66.1 Å². The molecule has 0 saturated carbocycles. The van der Waals surface area contributed by atoms with Crippen molar-refractivity contribution in [3.8, 4) is 33.2 Å². The highest BCUT2D eigenvalue weighted by molar-refractivity contribution is 7.21. The normalized spacial score (nSPS) is 15.8. The van der Waals surface area contributed by atoms with E-state index in [0.717, 1.165) is 49.0 Å². The number of nitrogens with zero attached hydrogens (tertiary/aromatic N) is 4. The van der Waals surface area contributed by atoms with Crippen LogP contribution in [0.5, 0.6) is 11.5 Å². The van der Waals surface area contributed by atoms with E-state index in [1.54, 1.807) is 23.5 Å². The number of ether oxygens (including phenoxy) is 3. The number of anilines is 1. The van der Waals surface area contributed by atoms with Crippen molar-refractivity contribution < 1.29 is 28.6 Å². The van der Waals surface area contributed by atoms with Gasteiger partial charge in [-0.3, -0.25) is 19.7 Å². The number of fused-ring (bicyclic) bond motifs is 2. The van der Waals surface area contributed by atoms with Gasteiger partial charge in [-0.1, -0.05) is 24.3 Å². The maximum atomic E-state index is 12.9. The quantitative estimate of drug-likeness (QED) is 0.138. The summed E-state index contributed by atoms with van der Waals surface area (Å²) in [6.45, 7) is 1.79. The molecule has 4 heterocycles. The van der Waals surface area contributed by atoms with E-state index in [-0.39, 0.29) is 18.2 Å². The van der Waals surface area contributed by atoms with Gasteiger partial charge in [0.2, 0.25) is 11.8 Å². The van der Waals surface area contributed by atoms with Crippen LogP contribution < -0.4 is 19.7 Å². The SMILES string of the molecule is CN(C)c1ccc(-c2ccc(-c3nc4ccc(OCCOCCOc5ccc6c(c5)CN(C5CCC(=O)NC5=O)C6=O)cc4s3)cc2)cn1. The van der Waals surface area contributed by atoms with E-state index in [0.29, 0.717) is 50.7 Å². The Hall–Kier alpha value is -5.33. The molecule has 1 N–H and O–H groups in total. The molecule has 11 nitrogen and oxygen atoms in total. The lowest BCUT2D eigenvalue weighted by Gasteiger charge is -2.29. The fourth-order valence-electron chi connectivity index (χ4n) is 5.92. The van der Waals surface area contributed by atoms with E-state index in [2.05, 4.69) is 40.6 Å². The van der Waals surface area contributed by atoms with Crippen LogP contribution in [-0.2, 0) is 20.9 Å². The van der Waals surface area contributed by atoms with Crippen LogP contribution in [0.2, 0.25) is 0 Å². The standard InChI is InChI=1S/C37H35N5O6S/c1-41(2)33-13-7-25(21-38-33)23-3-5-24(6-4-23)36-39-30-11-9-28(20-32(30)49-36)48-18-16-46-15-17-47-27-8-10-29-26(19-27)22-42(37(29)45)31-12-14-34(43)40-35(31)44/h3-11,13,19-21,31H,12,14-18,22H2,1-2H3,(H,40,43,44). The molecule has 1 fully saturated rings. The zero-order valence-corrected chi connectivity index (χ0v) is 28.0. The summed E-state index contributed by atoms with van der Waals surface area (Å²) in [5.41, 5.74) is 5.50. The minimum absolute atomic E-state index is 0.208. The van der Waals surface area contributed by atoms with Crippen molar-refractivity contribution in [2.45, 2.75) is 25.4 Å². The molecule has 0 bridgehead atoms. The first kappa shape index (κ1) is 32.2. The molecule has 2 aliphatic heterocycles. The van der Waals surface area contributed by atoms with Crippen molar-refractivity contribution in [2.24, 2.45) is 0 Å². The van der Waals surface area contributed by atoms with Gasteiger partial charge < -0.3 is 24.0 Å². The maximum Gasteiger partial charge on any atom is 0.255 e. The van der Waals surface area contributed by atoms with E-state index in [9.17, 15) is 14.4 Å². The summed E-state index contributed by atoms with van der Waals surface area (Å²) in [6.07, 6.45) is 2.45. The number of carbonyl (C=O) groups excluding carboxylic acids is 3. The molecule has 0 radical (unpaired) electrons. The molecule has 1 saturated heterocycles. The third-order valence-corrected chi connectivity index (χ3v) is 9.59. The van der Waals surface area contributed by atoms with Gasteiger partial charge in [-0.2, -0.15) is 0 Å². The first-order chi connectivity index (χ1) is 23.8. The van der Waals surface area contributed by atoms with E-state index in [1.807, 2.05) is 55.5 Å². The van der Waals surface area contributed by atoms with Crippen LogP contribution in [0.25, 0.3) is 31.9 Å². The Morgan fingerprint density at radius 1 is 0.857 bits per heavy atom. The number of rotatable bonds is 12. The molecule has 3 aromatic carbocycles. The minimum Gasteiger partial charge on any atom is -0.491 e. The van der Waals surface area contributed by atoms with Crippen LogP contribution >= 0.6 is 11.3 Å². The Bertz CT molecular complexity index is 2010. The Labute approximate surface area is 287 Å². The van der Waals surface area contributed by atoms with E-state index in [1.165, 1.54) is 4.90 Å². The van der Waals surface area contributed by atoms with E-state index >= 15 is 0 Å². The number of imide groups is 1. The highest BCUT2D eigenvalue weighted by Crippen LogP contribution is 2.34. The van der Waals surface area contributed by atoms with Gasteiger partial charge in [-0.15, -0.1) is 11.3 Å². The van der Waals surface area contributed by atoms with Crippen LogP contribution in [0.1, 0.15) is 28.8 Å². The number of thiazole rings is 1. The average Bonchev–Trinajstić information content (AvgIpc) is 3.68. The number of piperidine rings is 1. The van der Waals surface area contributed by atoms with Crippen LogP contribution in [0.4, 0.5) is 5.82 Å². The predicted molar refractivity (Wildman–Crippen MR) is 187 cm³/mol. The van der Waals surface area contributed by atoms with Crippen molar-refractivity contribution in [2.75, 3.05) is 45.4 Å². The molecular weight excluding hydrogens is 643 g/mol. The lowest BCUT2D eigenvalue weighted by Crippen LogP contribution is -2.52. The van der Waals surface area contributed by atoms with Crippen LogP contribution in [-0.4, -0.2) is 79.2 Å². The summed E-state index contributed by atoms with van der Waals surface area (Å²) in [5.74, 6) is 1.36. The van der Waals surface area contributed by atoms with E-state index in [4.69, 9.17) is 19.2 Å². The number of hydrogen-bond acceptors (Lipinski definition) is 10. The van der Waals surface area contributed by atoms with E-state index < -0.39 is 11.9 Å². The second-order valence-electron chi connectivity index (χ2n) is 12.1. The van der Waals surface area contributed by atoms with Crippen molar-refractivity contribution >= 4 is 45.1 Å².